The van der Waals surface area contributed by atoms with Crippen LogP contribution in [0.15, 0.2) is 24.5 Å². The van der Waals surface area contributed by atoms with Gasteiger partial charge in [0.2, 0.25) is 0 Å². The molecule has 0 unspecified atom stereocenters. The highest BCUT2D eigenvalue weighted by Gasteiger charge is 2.36. The average Bonchev–Trinajstić information content (AvgIpc) is 3.41. The standard InChI is InChI=1S/C21H25N5S2/c1-25(2)15-11-26(12-17(15)27-3)20-18-14-7-4-8-16(14)28-21(18)24-19(23-20)13-6-5-9-22-10-13/h5-6,9-10,15,17H,4,7-8,11-12H2,1-3H3/t15-,17-/m1/s1. The predicted octanol–water partition coefficient (Wildman–Crippen LogP) is 3.72. The number of anilines is 1. The van der Waals surface area contributed by atoms with E-state index in [4.69, 9.17) is 9.97 Å². The molecule has 28 heavy (non-hydrogen) atoms. The summed E-state index contributed by atoms with van der Waals surface area (Å²) < 4.78 is 0. The number of hydrogen-bond acceptors (Lipinski definition) is 7. The predicted molar refractivity (Wildman–Crippen MR) is 120 cm³/mol. The molecule has 0 saturated carbocycles. The summed E-state index contributed by atoms with van der Waals surface area (Å²) in [6, 6.07) is 4.54. The van der Waals surface area contributed by atoms with Crippen molar-refractivity contribution in [1.29, 1.82) is 0 Å². The molecular formula is C21H25N5S2. The van der Waals surface area contributed by atoms with E-state index in [0.29, 0.717) is 11.3 Å². The lowest BCUT2D eigenvalue weighted by Gasteiger charge is -2.23. The molecule has 0 radical (unpaired) electrons. The molecule has 5 nitrogen and oxygen atoms in total. The Balaban J connectivity index is 1.66. The maximum atomic E-state index is 5.12. The molecule has 2 atom stereocenters. The molecule has 0 N–H and O–H groups in total. The van der Waals surface area contributed by atoms with Crippen molar-refractivity contribution in [3.8, 4) is 11.4 Å². The van der Waals surface area contributed by atoms with Crippen molar-refractivity contribution in [3.05, 3.63) is 35.0 Å². The van der Waals surface area contributed by atoms with Crippen LogP contribution in [-0.2, 0) is 12.8 Å². The van der Waals surface area contributed by atoms with Crippen LogP contribution in [0, 0.1) is 0 Å². The topological polar surface area (TPSA) is 45.2 Å². The van der Waals surface area contributed by atoms with Gasteiger partial charge >= 0.3 is 0 Å². The summed E-state index contributed by atoms with van der Waals surface area (Å²) in [4.78, 5) is 21.9. The van der Waals surface area contributed by atoms with Gasteiger partial charge in [0.1, 0.15) is 10.6 Å². The summed E-state index contributed by atoms with van der Waals surface area (Å²) in [7, 11) is 4.38. The average molecular weight is 412 g/mol. The molecule has 2 aliphatic rings. The van der Waals surface area contributed by atoms with Crippen molar-refractivity contribution in [2.24, 2.45) is 0 Å². The molecule has 1 fully saturated rings. The van der Waals surface area contributed by atoms with E-state index in [9.17, 15) is 0 Å². The van der Waals surface area contributed by atoms with E-state index in [0.717, 1.165) is 41.5 Å². The summed E-state index contributed by atoms with van der Waals surface area (Å²) >= 11 is 3.83. The van der Waals surface area contributed by atoms with E-state index in [1.54, 1.807) is 6.20 Å². The monoisotopic (exact) mass is 411 g/mol. The highest BCUT2D eigenvalue weighted by Crippen LogP contribution is 2.42. The lowest BCUT2D eigenvalue weighted by molar-refractivity contribution is 0.320. The van der Waals surface area contributed by atoms with Gasteiger partial charge in [0.15, 0.2) is 5.82 Å². The Bertz CT molecular complexity index is 1000. The lowest BCUT2D eigenvalue weighted by atomic mass is 10.1. The van der Waals surface area contributed by atoms with Gasteiger partial charge < -0.3 is 9.80 Å². The van der Waals surface area contributed by atoms with Gasteiger partial charge in [-0.15, -0.1) is 11.3 Å². The van der Waals surface area contributed by atoms with Gasteiger partial charge in [0, 0.05) is 47.2 Å². The van der Waals surface area contributed by atoms with Gasteiger partial charge in [-0.2, -0.15) is 11.8 Å². The van der Waals surface area contributed by atoms with E-state index < -0.39 is 0 Å². The quantitative estimate of drug-likeness (QED) is 0.652. The summed E-state index contributed by atoms with van der Waals surface area (Å²) in [5.74, 6) is 1.93. The maximum Gasteiger partial charge on any atom is 0.164 e. The fourth-order valence-electron chi connectivity index (χ4n) is 4.49. The number of aryl methyl sites for hydroxylation is 2. The van der Waals surface area contributed by atoms with Crippen LogP contribution in [0.3, 0.4) is 0 Å². The number of thiophene rings is 1. The second kappa shape index (κ2) is 7.28. The normalized spacial score (nSPS) is 21.8. The van der Waals surface area contributed by atoms with Crippen molar-refractivity contribution in [1.82, 2.24) is 19.9 Å². The largest absolute Gasteiger partial charge is 0.353 e. The van der Waals surface area contributed by atoms with Gasteiger partial charge in [0.25, 0.3) is 0 Å². The zero-order chi connectivity index (χ0) is 19.3. The Hall–Kier alpha value is -1.70. The number of pyridine rings is 1. The van der Waals surface area contributed by atoms with Gasteiger partial charge in [-0.3, -0.25) is 4.98 Å². The van der Waals surface area contributed by atoms with Crippen molar-refractivity contribution in [2.45, 2.75) is 30.6 Å². The smallest absolute Gasteiger partial charge is 0.164 e. The summed E-state index contributed by atoms with van der Waals surface area (Å²) in [6.45, 7) is 2.05. The first-order valence-electron chi connectivity index (χ1n) is 9.82. The molecule has 0 bridgehead atoms. The minimum Gasteiger partial charge on any atom is -0.353 e. The number of thioether (sulfide) groups is 1. The fraction of sp³-hybridized carbons (Fsp3) is 0.476. The summed E-state index contributed by atoms with van der Waals surface area (Å²) in [5, 5.41) is 1.90. The molecule has 0 amide bonds. The number of hydrogen-bond donors (Lipinski definition) is 0. The highest BCUT2D eigenvalue weighted by atomic mass is 32.2. The number of rotatable bonds is 4. The van der Waals surface area contributed by atoms with Crippen molar-refractivity contribution in [2.75, 3.05) is 38.3 Å². The lowest BCUT2D eigenvalue weighted by Crippen LogP contribution is -2.36. The minimum absolute atomic E-state index is 0.536. The third-order valence-electron chi connectivity index (χ3n) is 5.97. The highest BCUT2D eigenvalue weighted by molar-refractivity contribution is 7.99. The summed E-state index contributed by atoms with van der Waals surface area (Å²) in [5.41, 5.74) is 2.49. The molecule has 3 aromatic heterocycles. The Morgan fingerprint density at radius 2 is 2.11 bits per heavy atom. The zero-order valence-electron chi connectivity index (χ0n) is 16.6. The Kier molecular flexibility index (Phi) is 4.77. The molecule has 1 aliphatic carbocycles. The Morgan fingerprint density at radius 1 is 1.21 bits per heavy atom. The molecule has 4 heterocycles. The van der Waals surface area contributed by atoms with Crippen molar-refractivity contribution in [3.63, 3.8) is 0 Å². The van der Waals surface area contributed by atoms with Gasteiger partial charge in [0.05, 0.1) is 5.39 Å². The first-order chi connectivity index (χ1) is 13.7. The van der Waals surface area contributed by atoms with Gasteiger partial charge in [-0.05, 0) is 57.3 Å². The van der Waals surface area contributed by atoms with E-state index in [1.165, 1.54) is 28.7 Å². The molecule has 3 aromatic rings. The third-order valence-corrected chi connectivity index (χ3v) is 8.22. The Labute approximate surface area is 174 Å². The van der Waals surface area contributed by atoms with E-state index in [1.807, 2.05) is 35.4 Å². The van der Waals surface area contributed by atoms with Crippen LogP contribution in [-0.4, -0.2) is 64.6 Å². The first kappa shape index (κ1) is 18.3. The molecule has 0 aromatic carbocycles. The van der Waals surface area contributed by atoms with Crippen LogP contribution in [0.25, 0.3) is 21.6 Å². The number of nitrogens with zero attached hydrogens (tertiary/aromatic N) is 5. The van der Waals surface area contributed by atoms with E-state index in [-0.39, 0.29) is 0 Å². The van der Waals surface area contributed by atoms with Gasteiger partial charge in [-0.1, -0.05) is 0 Å². The van der Waals surface area contributed by atoms with Crippen LogP contribution in [0.1, 0.15) is 16.9 Å². The van der Waals surface area contributed by atoms with Crippen molar-refractivity contribution < 1.29 is 0 Å². The second-order valence-electron chi connectivity index (χ2n) is 7.86. The third kappa shape index (κ3) is 3.00. The molecule has 1 aliphatic heterocycles. The van der Waals surface area contributed by atoms with Crippen LogP contribution in [0.4, 0.5) is 5.82 Å². The first-order valence-corrected chi connectivity index (χ1v) is 11.9. The fourth-order valence-corrected chi connectivity index (χ4v) is 6.72. The number of aromatic nitrogens is 3. The Morgan fingerprint density at radius 3 is 2.82 bits per heavy atom. The summed E-state index contributed by atoms with van der Waals surface area (Å²) in [6.07, 6.45) is 9.50. The van der Waals surface area contributed by atoms with Crippen LogP contribution in [0.2, 0.25) is 0 Å². The molecule has 5 rings (SSSR count). The molecule has 7 heteroatoms. The van der Waals surface area contributed by atoms with Crippen LogP contribution >= 0.6 is 23.1 Å². The second-order valence-corrected chi connectivity index (χ2v) is 10.0. The minimum atomic E-state index is 0.536. The van der Waals surface area contributed by atoms with Gasteiger partial charge in [-0.25, -0.2) is 9.97 Å². The SMILES string of the molecule is CS[C@@H]1CN(c2nc(-c3cccnc3)nc3sc4c(c23)CCC4)C[C@H]1N(C)C. The number of fused-ring (bicyclic) bond motifs is 3. The molecule has 146 valence electrons. The maximum absolute atomic E-state index is 5.12. The molecule has 0 spiro atoms. The van der Waals surface area contributed by atoms with Crippen LogP contribution in [0.5, 0.6) is 0 Å². The van der Waals surface area contributed by atoms with E-state index in [2.05, 4.69) is 41.2 Å². The van der Waals surface area contributed by atoms with Crippen molar-refractivity contribution >= 4 is 39.1 Å². The zero-order valence-corrected chi connectivity index (χ0v) is 18.2. The molecule has 1 saturated heterocycles. The van der Waals surface area contributed by atoms with E-state index >= 15 is 0 Å². The number of likely N-dealkylation sites (N-methyl/N-ethyl adjacent to an activating group) is 1. The van der Waals surface area contributed by atoms with Crippen LogP contribution < -0.4 is 4.90 Å². The molecular weight excluding hydrogens is 386 g/mol.